The first-order valence-corrected chi connectivity index (χ1v) is 6.44. The van der Waals surface area contributed by atoms with E-state index in [1.165, 1.54) is 29.5 Å². The molecule has 0 aliphatic heterocycles. The zero-order chi connectivity index (χ0) is 11.6. The molecule has 0 radical (unpaired) electrons. The lowest BCUT2D eigenvalue weighted by atomic mass is 10.0. The van der Waals surface area contributed by atoms with Crippen molar-refractivity contribution >= 4 is 10.9 Å². The van der Waals surface area contributed by atoms with Gasteiger partial charge in [-0.2, -0.15) is 5.10 Å². The van der Waals surface area contributed by atoms with Crippen molar-refractivity contribution in [2.45, 2.75) is 37.1 Å². The van der Waals surface area contributed by atoms with Gasteiger partial charge in [0, 0.05) is 35.1 Å². The van der Waals surface area contributed by atoms with E-state index in [2.05, 4.69) is 29.9 Å². The van der Waals surface area contributed by atoms with E-state index in [0.29, 0.717) is 0 Å². The Labute approximate surface area is 101 Å². The molecular formula is C14H17N3. The van der Waals surface area contributed by atoms with Crippen LogP contribution in [0.4, 0.5) is 0 Å². The Balaban J connectivity index is 2.01. The van der Waals surface area contributed by atoms with E-state index in [9.17, 15) is 0 Å². The molecule has 3 heteroatoms. The molecule has 2 aliphatic rings. The highest BCUT2D eigenvalue weighted by atomic mass is 15.3. The van der Waals surface area contributed by atoms with Crippen molar-refractivity contribution in [3.63, 3.8) is 0 Å². The summed E-state index contributed by atoms with van der Waals surface area (Å²) in [5.41, 5.74) is 10.0. The van der Waals surface area contributed by atoms with Gasteiger partial charge in [-0.25, -0.2) is 0 Å². The van der Waals surface area contributed by atoms with Gasteiger partial charge in [-0.1, -0.05) is 18.2 Å². The Morgan fingerprint density at radius 3 is 2.76 bits per heavy atom. The largest absolute Gasteiger partial charge is 0.321 e. The van der Waals surface area contributed by atoms with E-state index in [4.69, 9.17) is 10.8 Å². The molecule has 1 aromatic carbocycles. The van der Waals surface area contributed by atoms with Gasteiger partial charge in [-0.05, 0) is 25.7 Å². The van der Waals surface area contributed by atoms with Crippen LogP contribution in [0.5, 0.6) is 0 Å². The minimum Gasteiger partial charge on any atom is -0.321 e. The number of hydrogen-bond donors (Lipinski definition) is 1. The number of nitrogens with two attached hydrogens (primary N) is 1. The summed E-state index contributed by atoms with van der Waals surface area (Å²) in [4.78, 5) is 0. The summed E-state index contributed by atoms with van der Waals surface area (Å²) >= 11 is 0. The Bertz CT molecular complexity index is 603. The summed E-state index contributed by atoms with van der Waals surface area (Å²) in [6.07, 6.45) is 4.82. The van der Waals surface area contributed by atoms with Gasteiger partial charge in [0.2, 0.25) is 0 Å². The summed E-state index contributed by atoms with van der Waals surface area (Å²) in [5.74, 6) is 0.730. The van der Waals surface area contributed by atoms with Crippen LogP contribution in [-0.2, 0) is 12.6 Å². The molecular weight excluding hydrogens is 210 g/mol. The second-order valence-electron chi connectivity index (χ2n) is 5.64. The van der Waals surface area contributed by atoms with Gasteiger partial charge in [0.05, 0.1) is 5.52 Å². The molecule has 1 heterocycles. The quantitative estimate of drug-likeness (QED) is 0.856. The van der Waals surface area contributed by atoms with Crippen molar-refractivity contribution in [3.05, 3.63) is 29.5 Å². The number of fused-ring (bicyclic) bond motifs is 1. The fourth-order valence-electron chi connectivity index (χ4n) is 2.88. The molecule has 0 bridgehead atoms. The summed E-state index contributed by atoms with van der Waals surface area (Å²) in [6.45, 7) is 0. The molecule has 88 valence electrons. The van der Waals surface area contributed by atoms with Gasteiger partial charge in [0.15, 0.2) is 0 Å². The summed E-state index contributed by atoms with van der Waals surface area (Å²) in [6, 6.07) is 6.49. The molecule has 3 nitrogen and oxygen atoms in total. The number of aromatic nitrogens is 2. The van der Waals surface area contributed by atoms with E-state index in [-0.39, 0.29) is 5.54 Å². The first-order valence-electron chi connectivity index (χ1n) is 6.44. The first-order chi connectivity index (χ1) is 8.19. The smallest absolute Gasteiger partial charge is 0.0976 e. The molecule has 4 rings (SSSR count). The molecule has 1 aromatic heterocycles. The zero-order valence-electron chi connectivity index (χ0n) is 10.1. The predicted molar refractivity (Wildman–Crippen MR) is 67.8 cm³/mol. The molecule has 2 N–H and O–H groups in total. The van der Waals surface area contributed by atoms with Crippen molar-refractivity contribution in [1.29, 1.82) is 0 Å². The molecule has 0 atom stereocenters. The maximum atomic E-state index is 6.34. The Morgan fingerprint density at radius 2 is 2.12 bits per heavy atom. The molecule has 0 spiro atoms. The van der Waals surface area contributed by atoms with Crippen LogP contribution >= 0.6 is 0 Å². The van der Waals surface area contributed by atoms with E-state index in [1.807, 2.05) is 0 Å². The van der Waals surface area contributed by atoms with Gasteiger partial charge in [-0.3, -0.25) is 4.68 Å². The third kappa shape index (κ3) is 1.29. The highest BCUT2D eigenvalue weighted by Gasteiger charge is 2.42. The molecule has 2 saturated carbocycles. The van der Waals surface area contributed by atoms with Gasteiger partial charge >= 0.3 is 0 Å². The molecule has 17 heavy (non-hydrogen) atoms. The van der Waals surface area contributed by atoms with Gasteiger partial charge < -0.3 is 5.73 Å². The second kappa shape index (κ2) is 2.91. The van der Waals surface area contributed by atoms with Gasteiger partial charge in [0.25, 0.3) is 0 Å². The van der Waals surface area contributed by atoms with Crippen LogP contribution in [0.15, 0.2) is 18.2 Å². The van der Waals surface area contributed by atoms with Crippen LogP contribution in [0.1, 0.15) is 42.9 Å². The van der Waals surface area contributed by atoms with Crippen molar-refractivity contribution in [3.8, 4) is 0 Å². The van der Waals surface area contributed by atoms with E-state index in [1.54, 1.807) is 0 Å². The monoisotopic (exact) mass is 227 g/mol. The summed E-state index contributed by atoms with van der Waals surface area (Å²) in [5, 5.41) is 6.04. The average Bonchev–Trinajstić information content (AvgIpc) is 3.20. The highest BCUT2D eigenvalue weighted by molar-refractivity contribution is 5.86. The molecule has 0 amide bonds. The molecule has 0 saturated heterocycles. The number of nitrogens with zero attached hydrogens (tertiary/aromatic N) is 2. The van der Waals surface area contributed by atoms with E-state index < -0.39 is 0 Å². The van der Waals surface area contributed by atoms with Gasteiger partial charge in [0.1, 0.15) is 0 Å². The van der Waals surface area contributed by atoms with Crippen LogP contribution in [0, 0.1) is 0 Å². The number of aryl methyl sites for hydroxylation is 1. The molecule has 2 fully saturated rings. The van der Waals surface area contributed by atoms with Crippen LogP contribution in [0.2, 0.25) is 0 Å². The standard InChI is InChI=1S/C14H17N3/c1-17-13(9-5-6-9)10-3-2-4-11(12(10)16-17)14(15)7-8-14/h2-4,9H,5-8,15H2,1H3. The summed E-state index contributed by atoms with van der Waals surface area (Å²) in [7, 11) is 2.06. The number of rotatable bonds is 2. The van der Waals surface area contributed by atoms with Gasteiger partial charge in [-0.15, -0.1) is 0 Å². The zero-order valence-corrected chi connectivity index (χ0v) is 10.1. The Hall–Kier alpha value is -1.35. The minimum absolute atomic E-state index is 0.0886. The molecule has 2 aliphatic carbocycles. The summed E-state index contributed by atoms with van der Waals surface area (Å²) < 4.78 is 2.07. The van der Waals surface area contributed by atoms with Crippen LogP contribution in [0.3, 0.4) is 0 Å². The lowest BCUT2D eigenvalue weighted by Gasteiger charge is -2.09. The number of benzene rings is 1. The minimum atomic E-state index is -0.0886. The fourth-order valence-corrected chi connectivity index (χ4v) is 2.88. The maximum absolute atomic E-state index is 6.34. The fraction of sp³-hybridized carbons (Fsp3) is 0.500. The van der Waals surface area contributed by atoms with Crippen molar-refractivity contribution in [2.75, 3.05) is 0 Å². The number of hydrogen-bond acceptors (Lipinski definition) is 2. The predicted octanol–water partition coefficient (Wildman–Crippen LogP) is 2.40. The third-order valence-corrected chi connectivity index (χ3v) is 4.20. The Morgan fingerprint density at radius 1 is 1.35 bits per heavy atom. The lowest BCUT2D eigenvalue weighted by molar-refractivity contribution is 0.712. The van der Waals surface area contributed by atoms with E-state index >= 15 is 0 Å². The normalized spacial score (nSPS) is 22.0. The lowest BCUT2D eigenvalue weighted by Crippen LogP contribution is -2.19. The molecule has 0 unspecified atom stereocenters. The van der Waals surface area contributed by atoms with Crippen LogP contribution in [-0.4, -0.2) is 9.78 Å². The second-order valence-corrected chi connectivity index (χ2v) is 5.64. The topological polar surface area (TPSA) is 43.8 Å². The van der Waals surface area contributed by atoms with Crippen LogP contribution in [0.25, 0.3) is 10.9 Å². The van der Waals surface area contributed by atoms with Crippen molar-refractivity contribution < 1.29 is 0 Å². The first kappa shape index (κ1) is 9.66. The maximum Gasteiger partial charge on any atom is 0.0976 e. The average molecular weight is 227 g/mol. The SMILES string of the molecule is Cn1nc2c(C3(N)CC3)cccc2c1C1CC1. The third-order valence-electron chi connectivity index (χ3n) is 4.20. The van der Waals surface area contributed by atoms with Crippen molar-refractivity contribution in [1.82, 2.24) is 9.78 Å². The molecule has 2 aromatic rings. The van der Waals surface area contributed by atoms with Crippen LogP contribution < -0.4 is 5.73 Å². The van der Waals surface area contributed by atoms with E-state index in [0.717, 1.165) is 24.3 Å². The Kier molecular flexibility index (Phi) is 1.65. The highest BCUT2D eigenvalue weighted by Crippen LogP contribution is 2.48. The van der Waals surface area contributed by atoms with Crippen molar-refractivity contribution in [2.24, 2.45) is 12.8 Å².